The van der Waals surface area contributed by atoms with Gasteiger partial charge in [-0.2, -0.15) is 0 Å². The number of aliphatic carboxylic acids is 1. The van der Waals surface area contributed by atoms with E-state index in [1.165, 1.54) is 33.4 Å². The molecule has 0 saturated carbocycles. The van der Waals surface area contributed by atoms with E-state index in [4.69, 9.17) is 15.3 Å². The summed E-state index contributed by atoms with van der Waals surface area (Å²) in [6.45, 7) is 1.22. The summed E-state index contributed by atoms with van der Waals surface area (Å²) in [5.41, 5.74) is 6.02. The number of nitrogens with zero attached hydrogens (tertiary/aromatic N) is 5. The smallest absolute Gasteiger partial charge is 0.857 e. The van der Waals surface area contributed by atoms with Gasteiger partial charge >= 0.3 is 35.5 Å². The van der Waals surface area contributed by atoms with Crippen molar-refractivity contribution in [3.63, 3.8) is 0 Å². The van der Waals surface area contributed by atoms with Crippen LogP contribution in [0.3, 0.4) is 0 Å². The first-order valence-electron chi connectivity index (χ1n) is 12.0. The third kappa shape index (κ3) is 6.52. The Morgan fingerprint density at radius 1 is 1.39 bits per heavy atom. The normalized spacial score (nSPS) is 19.1. The number of carbonyl (C=O) groups is 2. The summed E-state index contributed by atoms with van der Waals surface area (Å²) >= 11 is 3.67. The number of allylic oxidation sites excluding steroid dienone is 1. The second kappa shape index (κ2) is 13.5. The van der Waals surface area contributed by atoms with Gasteiger partial charge in [0.2, 0.25) is 0 Å². The minimum absolute atomic E-state index is 0. The summed E-state index contributed by atoms with van der Waals surface area (Å²) in [6.07, 6.45) is 0.740. The van der Waals surface area contributed by atoms with Gasteiger partial charge in [0, 0.05) is 16.2 Å². The van der Waals surface area contributed by atoms with Gasteiger partial charge in [-0.25, -0.2) is 19.2 Å². The molecule has 3 aromatic rings. The van der Waals surface area contributed by atoms with Gasteiger partial charge < -0.3 is 25.5 Å². The van der Waals surface area contributed by atoms with Gasteiger partial charge in [0.25, 0.3) is 5.91 Å². The summed E-state index contributed by atoms with van der Waals surface area (Å²) in [5, 5.41) is 28.3. The first-order valence-corrected chi connectivity index (χ1v) is 14.5. The molecule has 2 aliphatic rings. The van der Waals surface area contributed by atoms with E-state index in [2.05, 4.69) is 20.1 Å². The van der Waals surface area contributed by atoms with Crippen LogP contribution >= 0.6 is 34.4 Å². The van der Waals surface area contributed by atoms with Crippen molar-refractivity contribution in [1.29, 1.82) is 0 Å². The number of halogens is 1. The van der Waals surface area contributed by atoms with Crippen molar-refractivity contribution in [3.8, 4) is 5.75 Å². The van der Waals surface area contributed by atoms with Crippen molar-refractivity contribution in [1.82, 2.24) is 14.9 Å². The van der Waals surface area contributed by atoms with Gasteiger partial charge in [0.15, 0.2) is 9.47 Å². The molecule has 12 nitrogen and oxygen atoms in total. The SMILES string of the molecule is CCOc1ccc2nc(SC3=C(C(=O)O)N4C(=O)[C@@H](N=C([O-])/C(=N/OCCF)c5csc(N)n5)[C@H]4CC3)sc2c1.[Na+]. The van der Waals surface area contributed by atoms with Gasteiger partial charge in [-0.15, -0.1) is 22.7 Å². The van der Waals surface area contributed by atoms with Crippen LogP contribution in [0.5, 0.6) is 5.75 Å². The molecule has 17 heteroatoms. The fourth-order valence-corrected chi connectivity index (χ4v) is 7.17. The molecule has 3 N–H and O–H groups in total. The average Bonchev–Trinajstić information content (AvgIpc) is 3.54. The average molecular weight is 629 g/mol. The number of β-lactam (4-membered cyclic amide) rings is 1. The Morgan fingerprint density at radius 2 is 2.20 bits per heavy atom. The van der Waals surface area contributed by atoms with Crippen molar-refractivity contribution >= 4 is 73.3 Å². The second-order valence-electron chi connectivity index (χ2n) is 8.45. The zero-order valence-electron chi connectivity index (χ0n) is 21.9. The largest absolute Gasteiger partial charge is 1.00 e. The molecule has 1 fully saturated rings. The van der Waals surface area contributed by atoms with Gasteiger partial charge in [-0.05, 0) is 38.0 Å². The Bertz CT molecular complexity index is 1560. The maximum atomic E-state index is 13.1. The first-order chi connectivity index (χ1) is 19.3. The Labute approximate surface area is 267 Å². The number of ether oxygens (including phenoxy) is 1. The van der Waals surface area contributed by atoms with Gasteiger partial charge in [0.1, 0.15) is 42.2 Å². The van der Waals surface area contributed by atoms with Crippen LogP contribution in [0.4, 0.5) is 9.52 Å². The molecule has 2 aromatic heterocycles. The zero-order valence-corrected chi connectivity index (χ0v) is 26.4. The molecule has 210 valence electrons. The molecule has 0 bridgehead atoms. The minimum Gasteiger partial charge on any atom is -0.857 e. The number of hydrogen-bond acceptors (Lipinski definition) is 13. The van der Waals surface area contributed by atoms with Crippen LogP contribution in [-0.4, -0.2) is 75.4 Å². The first kappa shape index (κ1) is 31.2. The number of carbonyl (C=O) groups excluding carboxylic acids is 1. The third-order valence-corrected chi connectivity index (χ3v) is 8.87. The van der Waals surface area contributed by atoms with Crippen molar-refractivity contribution in [2.24, 2.45) is 10.1 Å². The fourth-order valence-electron chi connectivity index (χ4n) is 4.30. The number of hydrogen-bond donors (Lipinski definition) is 2. The van der Waals surface area contributed by atoms with Crippen molar-refractivity contribution in [2.75, 3.05) is 25.6 Å². The molecule has 1 aromatic carbocycles. The number of nitrogen functional groups attached to an aromatic ring is 1. The number of carboxylic acids is 1. The second-order valence-corrected chi connectivity index (χ2v) is 11.7. The maximum Gasteiger partial charge on any atom is 1.00 e. The molecule has 2 atom stereocenters. The Kier molecular flexibility index (Phi) is 10.3. The molecule has 1 amide bonds. The molecule has 0 spiro atoms. The fraction of sp³-hybridized carbons (Fsp3) is 0.333. The van der Waals surface area contributed by atoms with E-state index in [-0.39, 0.29) is 58.4 Å². The van der Waals surface area contributed by atoms with E-state index >= 15 is 0 Å². The molecule has 2 aliphatic heterocycles. The summed E-state index contributed by atoms with van der Waals surface area (Å²) in [5.74, 6) is -2.06. The number of fused-ring (bicyclic) bond motifs is 2. The summed E-state index contributed by atoms with van der Waals surface area (Å²) in [6, 6.07) is 3.82. The summed E-state index contributed by atoms with van der Waals surface area (Å²) in [7, 11) is 0. The number of aromatic nitrogens is 2. The van der Waals surface area contributed by atoms with E-state index in [1.54, 1.807) is 0 Å². The number of thioether (sulfide) groups is 1. The monoisotopic (exact) mass is 628 g/mol. The van der Waals surface area contributed by atoms with E-state index in [0.29, 0.717) is 28.7 Å². The van der Waals surface area contributed by atoms with E-state index in [9.17, 15) is 24.2 Å². The Hall–Kier alpha value is -2.76. The van der Waals surface area contributed by atoms with Crippen molar-refractivity contribution < 1.29 is 63.3 Å². The van der Waals surface area contributed by atoms with Crippen molar-refractivity contribution in [3.05, 3.63) is 39.9 Å². The molecular formula is C24H22FN6NaO6S3. The predicted molar refractivity (Wildman–Crippen MR) is 147 cm³/mol. The molecule has 1 saturated heterocycles. The molecule has 0 radical (unpaired) electrons. The molecular weight excluding hydrogens is 606 g/mol. The number of aliphatic imine (C=N–C) groups is 1. The quantitative estimate of drug-likeness (QED) is 0.0713. The number of benzene rings is 1. The molecule has 5 rings (SSSR count). The standard InChI is InChI=1S/C24H23FN6O6S3.Na/c1-2-36-11-3-4-12-16(9-11)40-24(28-12)39-15-6-5-14-18(21(33)31(14)19(15)22(34)35)29-20(32)17(30-37-8-7-25)13-10-38-23(26)27-13;/h3-4,9-10,14,18H,2,5-8H2,1H3,(H2,26,27)(H,29,32)(H,34,35);/q;+1/p-1/b30-17+;/t14-,18+;/m1./s1. The number of rotatable bonds is 11. The molecule has 41 heavy (non-hydrogen) atoms. The topological polar surface area (TPSA) is 176 Å². The van der Waals surface area contributed by atoms with E-state index < -0.39 is 36.5 Å². The van der Waals surface area contributed by atoms with Gasteiger partial charge in [-0.1, -0.05) is 16.9 Å². The number of alkyl halides is 1. The number of anilines is 1. The van der Waals surface area contributed by atoms with Crippen LogP contribution < -0.4 is 45.1 Å². The van der Waals surface area contributed by atoms with E-state index in [1.807, 2.05) is 25.1 Å². The van der Waals surface area contributed by atoms with Crippen LogP contribution in [0, 0.1) is 0 Å². The van der Waals surface area contributed by atoms with Crippen LogP contribution in [0.25, 0.3) is 10.2 Å². The summed E-state index contributed by atoms with van der Waals surface area (Å²) < 4.78 is 19.6. The summed E-state index contributed by atoms with van der Waals surface area (Å²) in [4.78, 5) is 44.4. The Morgan fingerprint density at radius 3 is 2.88 bits per heavy atom. The predicted octanol–water partition coefficient (Wildman–Crippen LogP) is -0.352. The minimum atomic E-state index is -1.26. The van der Waals surface area contributed by atoms with Gasteiger partial charge in [-0.3, -0.25) is 14.7 Å². The number of carboxylic acid groups (broad SMARTS) is 1. The van der Waals surface area contributed by atoms with Crippen molar-refractivity contribution in [2.45, 2.75) is 36.2 Å². The van der Waals surface area contributed by atoms with Crippen LogP contribution in [-0.2, 0) is 14.4 Å². The number of oxime groups is 1. The molecule has 0 aliphatic carbocycles. The number of amides is 1. The Balaban J connectivity index is 0.00000387. The van der Waals surface area contributed by atoms with E-state index in [0.717, 1.165) is 27.3 Å². The van der Waals surface area contributed by atoms with Crippen LogP contribution in [0.1, 0.15) is 25.5 Å². The number of nitrogens with two attached hydrogens (primary N) is 1. The van der Waals surface area contributed by atoms with Crippen LogP contribution in [0.15, 0.2) is 48.7 Å². The zero-order chi connectivity index (χ0) is 28.4. The number of thiazole rings is 2. The molecule has 0 unspecified atom stereocenters. The maximum absolute atomic E-state index is 13.1. The van der Waals surface area contributed by atoms with Gasteiger partial charge in [0.05, 0.1) is 22.9 Å². The molecule has 4 heterocycles. The van der Waals surface area contributed by atoms with Crippen LogP contribution in [0.2, 0.25) is 0 Å². The third-order valence-electron chi connectivity index (χ3n) is 5.97.